The molecule has 10 heteroatoms. The number of carbonyl (C=O) groups is 1. The van der Waals surface area contributed by atoms with Gasteiger partial charge in [0.1, 0.15) is 5.82 Å². The molecule has 146 valence electrons. The second-order valence-electron chi connectivity index (χ2n) is 7.01. The van der Waals surface area contributed by atoms with Crippen molar-refractivity contribution in [1.82, 2.24) is 30.0 Å². The smallest absolute Gasteiger partial charge is 0.280 e. The molecule has 1 atom stereocenters. The predicted octanol–water partition coefficient (Wildman–Crippen LogP) is 3.33. The third-order valence-corrected chi connectivity index (χ3v) is 4.91. The molecule has 1 aliphatic rings. The van der Waals surface area contributed by atoms with E-state index >= 15 is 0 Å². The highest BCUT2D eigenvalue weighted by Gasteiger charge is 2.30. The number of hydrogen-bond acceptors (Lipinski definition) is 6. The summed E-state index contributed by atoms with van der Waals surface area (Å²) in [5, 5.41) is 12.5. The van der Waals surface area contributed by atoms with Crippen LogP contribution >= 0.6 is 11.6 Å². The van der Waals surface area contributed by atoms with E-state index in [-0.39, 0.29) is 23.4 Å². The summed E-state index contributed by atoms with van der Waals surface area (Å²) in [4.78, 5) is 18.5. The molecule has 1 aromatic carbocycles. The molecule has 28 heavy (non-hydrogen) atoms. The van der Waals surface area contributed by atoms with Crippen LogP contribution in [0.1, 0.15) is 48.4 Å². The maximum atomic E-state index is 14.0. The van der Waals surface area contributed by atoms with Gasteiger partial charge in [-0.05, 0) is 24.6 Å². The van der Waals surface area contributed by atoms with Crippen LogP contribution in [0.3, 0.4) is 0 Å². The summed E-state index contributed by atoms with van der Waals surface area (Å²) >= 11 is 5.89. The number of aromatic nitrogens is 5. The van der Waals surface area contributed by atoms with Crippen molar-refractivity contribution in [3.8, 4) is 11.6 Å². The van der Waals surface area contributed by atoms with Gasteiger partial charge in [0.25, 0.3) is 11.8 Å². The highest BCUT2D eigenvalue weighted by Crippen LogP contribution is 2.26. The SMILES string of the molecule is CC(C)c1noc(-c2cn([C@H]3CCN(C(=O)c4cc(Cl)ccc4F)C3)nn2)n1. The van der Waals surface area contributed by atoms with E-state index in [2.05, 4.69) is 20.5 Å². The van der Waals surface area contributed by atoms with Crippen molar-refractivity contribution in [2.45, 2.75) is 32.2 Å². The molecular formula is C18H18ClFN6O2. The molecule has 3 heterocycles. The Labute approximate surface area is 165 Å². The van der Waals surface area contributed by atoms with Crippen molar-refractivity contribution >= 4 is 17.5 Å². The van der Waals surface area contributed by atoms with Crippen molar-refractivity contribution in [2.24, 2.45) is 0 Å². The lowest BCUT2D eigenvalue weighted by Gasteiger charge is -2.17. The fourth-order valence-electron chi connectivity index (χ4n) is 3.10. The standard InChI is InChI=1S/C18H18ClFN6O2/c1-10(2)16-21-17(28-23-16)15-9-26(24-22-15)12-5-6-25(8-12)18(27)13-7-11(19)3-4-14(13)20/h3-4,7,9-10,12H,5-6,8H2,1-2H3/t12-/m0/s1. The molecule has 4 rings (SSSR count). The van der Waals surface area contributed by atoms with Gasteiger partial charge in [0, 0.05) is 24.0 Å². The molecule has 0 N–H and O–H groups in total. The minimum absolute atomic E-state index is 0.0282. The van der Waals surface area contributed by atoms with Crippen LogP contribution in [0.5, 0.6) is 0 Å². The van der Waals surface area contributed by atoms with Crippen molar-refractivity contribution in [3.63, 3.8) is 0 Å². The summed E-state index contributed by atoms with van der Waals surface area (Å²) in [6, 6.07) is 3.89. The van der Waals surface area contributed by atoms with Gasteiger partial charge >= 0.3 is 0 Å². The van der Waals surface area contributed by atoms with Crippen molar-refractivity contribution in [1.29, 1.82) is 0 Å². The number of nitrogens with zero attached hydrogens (tertiary/aromatic N) is 6. The van der Waals surface area contributed by atoms with E-state index in [0.717, 1.165) is 0 Å². The first-order valence-electron chi connectivity index (χ1n) is 8.92. The first-order valence-corrected chi connectivity index (χ1v) is 9.30. The summed E-state index contributed by atoms with van der Waals surface area (Å²) in [7, 11) is 0. The van der Waals surface area contributed by atoms with Gasteiger partial charge in [-0.25, -0.2) is 9.07 Å². The quantitative estimate of drug-likeness (QED) is 0.662. The highest BCUT2D eigenvalue weighted by molar-refractivity contribution is 6.31. The van der Waals surface area contributed by atoms with Crippen LogP contribution in [0.15, 0.2) is 28.9 Å². The Balaban J connectivity index is 1.48. The molecule has 1 saturated heterocycles. The van der Waals surface area contributed by atoms with E-state index in [1.54, 1.807) is 15.8 Å². The van der Waals surface area contributed by atoms with Gasteiger partial charge in [-0.15, -0.1) is 5.10 Å². The fourth-order valence-corrected chi connectivity index (χ4v) is 3.27. The summed E-state index contributed by atoms with van der Waals surface area (Å²) in [6.07, 6.45) is 2.40. The molecule has 2 aromatic heterocycles. The number of halogens is 2. The van der Waals surface area contributed by atoms with Gasteiger partial charge in [-0.3, -0.25) is 4.79 Å². The second-order valence-corrected chi connectivity index (χ2v) is 7.45. The molecular weight excluding hydrogens is 387 g/mol. The lowest BCUT2D eigenvalue weighted by Crippen LogP contribution is -2.30. The number of carbonyl (C=O) groups excluding carboxylic acids is 1. The molecule has 8 nitrogen and oxygen atoms in total. The topological polar surface area (TPSA) is 89.9 Å². The van der Waals surface area contributed by atoms with E-state index in [9.17, 15) is 9.18 Å². The Morgan fingerprint density at radius 1 is 1.39 bits per heavy atom. The van der Waals surface area contributed by atoms with E-state index < -0.39 is 5.82 Å². The van der Waals surface area contributed by atoms with Gasteiger partial charge in [0.05, 0.1) is 17.8 Å². The molecule has 0 aliphatic carbocycles. The molecule has 0 spiro atoms. The Kier molecular flexibility index (Phi) is 4.84. The minimum Gasteiger partial charge on any atom is -0.336 e. The zero-order chi connectivity index (χ0) is 19.8. The third kappa shape index (κ3) is 3.49. The molecule has 0 radical (unpaired) electrons. The third-order valence-electron chi connectivity index (χ3n) is 4.67. The second kappa shape index (κ2) is 7.31. The molecule has 0 unspecified atom stereocenters. The number of likely N-dealkylation sites (tertiary alicyclic amines) is 1. The zero-order valence-corrected chi connectivity index (χ0v) is 16.1. The first-order chi connectivity index (χ1) is 13.4. The first kappa shape index (κ1) is 18.5. The van der Waals surface area contributed by atoms with E-state index in [1.807, 2.05) is 13.8 Å². The van der Waals surface area contributed by atoms with Gasteiger partial charge in [-0.1, -0.05) is 35.8 Å². The minimum atomic E-state index is -0.585. The molecule has 0 saturated carbocycles. The molecule has 3 aromatic rings. The van der Waals surface area contributed by atoms with Crippen LogP contribution < -0.4 is 0 Å². The maximum Gasteiger partial charge on any atom is 0.280 e. The van der Waals surface area contributed by atoms with Gasteiger partial charge in [-0.2, -0.15) is 4.98 Å². The van der Waals surface area contributed by atoms with Crippen LogP contribution in [0.2, 0.25) is 5.02 Å². The summed E-state index contributed by atoms with van der Waals surface area (Å²) in [5.41, 5.74) is 0.449. The molecule has 1 aliphatic heterocycles. The monoisotopic (exact) mass is 404 g/mol. The average molecular weight is 405 g/mol. The summed E-state index contributed by atoms with van der Waals surface area (Å²) < 4.78 is 20.9. The van der Waals surface area contributed by atoms with Gasteiger partial charge in [0.2, 0.25) is 0 Å². The largest absolute Gasteiger partial charge is 0.336 e. The Hall–Kier alpha value is -2.81. The van der Waals surface area contributed by atoms with Crippen molar-refractivity contribution in [3.05, 3.63) is 46.6 Å². The number of amides is 1. The number of rotatable bonds is 4. The van der Waals surface area contributed by atoms with Crippen molar-refractivity contribution < 1.29 is 13.7 Å². The summed E-state index contributed by atoms with van der Waals surface area (Å²) in [6.45, 7) is 4.83. The highest BCUT2D eigenvalue weighted by atomic mass is 35.5. The van der Waals surface area contributed by atoms with Crippen LogP contribution in [0, 0.1) is 5.82 Å². The lowest BCUT2D eigenvalue weighted by molar-refractivity contribution is 0.0782. The Bertz CT molecular complexity index is 1020. The van der Waals surface area contributed by atoms with Crippen LogP contribution in [-0.4, -0.2) is 49.0 Å². The van der Waals surface area contributed by atoms with Crippen molar-refractivity contribution in [2.75, 3.05) is 13.1 Å². The normalized spacial score (nSPS) is 16.9. The Morgan fingerprint density at radius 3 is 2.96 bits per heavy atom. The molecule has 1 amide bonds. The average Bonchev–Trinajstić information content (AvgIpc) is 3.41. The predicted molar refractivity (Wildman–Crippen MR) is 98.4 cm³/mol. The lowest BCUT2D eigenvalue weighted by atomic mass is 10.2. The van der Waals surface area contributed by atoms with Crippen LogP contribution in [0.4, 0.5) is 4.39 Å². The maximum absolute atomic E-state index is 14.0. The van der Waals surface area contributed by atoms with Gasteiger partial charge in [0.15, 0.2) is 11.5 Å². The van der Waals surface area contributed by atoms with E-state index in [0.29, 0.717) is 41.9 Å². The Morgan fingerprint density at radius 2 is 2.21 bits per heavy atom. The van der Waals surface area contributed by atoms with Crippen LogP contribution in [0.25, 0.3) is 11.6 Å². The van der Waals surface area contributed by atoms with Gasteiger partial charge < -0.3 is 9.42 Å². The van der Waals surface area contributed by atoms with Crippen LogP contribution in [-0.2, 0) is 0 Å². The number of benzene rings is 1. The zero-order valence-electron chi connectivity index (χ0n) is 15.3. The van der Waals surface area contributed by atoms with E-state index in [1.165, 1.54) is 18.2 Å². The fraction of sp³-hybridized carbons (Fsp3) is 0.389. The molecule has 0 bridgehead atoms. The molecule has 1 fully saturated rings. The number of hydrogen-bond donors (Lipinski definition) is 0. The summed E-state index contributed by atoms with van der Waals surface area (Å²) in [5.74, 6) is 0.0843. The van der Waals surface area contributed by atoms with E-state index in [4.69, 9.17) is 16.1 Å².